The van der Waals surface area contributed by atoms with Gasteiger partial charge in [0.25, 0.3) is 0 Å². The third kappa shape index (κ3) is 4.90. The number of carbonyl (C=O) groups is 1. The summed E-state index contributed by atoms with van der Waals surface area (Å²) < 4.78 is 4.73. The molecule has 0 aliphatic carbocycles. The number of nitrogens with one attached hydrogen (secondary N) is 2. The molecule has 0 bridgehead atoms. The predicted molar refractivity (Wildman–Crippen MR) is 114 cm³/mol. The number of methoxy groups -OCH3 is 1. The standard InChI is InChI=1S/C20H22ClN3O2S/c1-26-19(25)16-13-15(7-8-17(16)21)23-20(27)22-10-4-11-24-12-9-14-5-2-3-6-18(14)24/h2-3,5-8,13H,4,9-12H2,1H3,(H2,22,23,27). The molecule has 1 aliphatic rings. The van der Waals surface area contributed by atoms with Crippen LogP contribution in [0.25, 0.3) is 0 Å². The fraction of sp³-hybridized carbons (Fsp3) is 0.300. The first-order valence-electron chi connectivity index (χ1n) is 8.84. The van der Waals surface area contributed by atoms with Crippen molar-refractivity contribution in [2.24, 2.45) is 0 Å². The van der Waals surface area contributed by atoms with Crippen LogP contribution < -0.4 is 15.5 Å². The molecule has 1 aliphatic heterocycles. The number of rotatable bonds is 6. The fourth-order valence-electron chi connectivity index (χ4n) is 3.16. The van der Waals surface area contributed by atoms with Gasteiger partial charge < -0.3 is 20.3 Å². The van der Waals surface area contributed by atoms with Gasteiger partial charge in [0.15, 0.2) is 5.11 Å². The Morgan fingerprint density at radius 2 is 2.11 bits per heavy atom. The maximum absolute atomic E-state index is 11.7. The molecule has 0 fully saturated rings. The topological polar surface area (TPSA) is 53.6 Å². The monoisotopic (exact) mass is 403 g/mol. The van der Waals surface area contributed by atoms with Gasteiger partial charge in [-0.1, -0.05) is 29.8 Å². The minimum Gasteiger partial charge on any atom is -0.465 e. The minimum atomic E-state index is -0.478. The number of ether oxygens (including phenoxy) is 1. The van der Waals surface area contributed by atoms with E-state index in [0.29, 0.717) is 21.4 Å². The molecule has 27 heavy (non-hydrogen) atoms. The average molecular weight is 404 g/mol. The van der Waals surface area contributed by atoms with E-state index >= 15 is 0 Å². The largest absolute Gasteiger partial charge is 0.465 e. The molecular formula is C20H22ClN3O2S. The molecule has 142 valence electrons. The highest BCUT2D eigenvalue weighted by molar-refractivity contribution is 7.80. The minimum absolute atomic E-state index is 0.305. The van der Waals surface area contributed by atoms with Crippen LogP contribution >= 0.6 is 23.8 Å². The molecule has 0 spiro atoms. The van der Waals surface area contributed by atoms with Gasteiger partial charge in [-0.2, -0.15) is 0 Å². The van der Waals surface area contributed by atoms with Crippen molar-refractivity contribution in [1.29, 1.82) is 0 Å². The number of hydrogen-bond donors (Lipinski definition) is 2. The molecule has 2 aromatic carbocycles. The number of carbonyl (C=O) groups excluding carboxylic acids is 1. The van der Waals surface area contributed by atoms with Crippen LogP contribution in [0, 0.1) is 0 Å². The van der Waals surface area contributed by atoms with E-state index in [1.54, 1.807) is 18.2 Å². The number of esters is 1. The van der Waals surface area contributed by atoms with Crippen LogP contribution in [0.3, 0.4) is 0 Å². The molecule has 2 aromatic rings. The van der Waals surface area contributed by atoms with Crippen molar-refractivity contribution in [3.05, 3.63) is 58.6 Å². The Bertz CT molecular complexity index is 844. The molecule has 0 saturated heterocycles. The lowest BCUT2D eigenvalue weighted by Gasteiger charge is -2.19. The summed E-state index contributed by atoms with van der Waals surface area (Å²) in [5.74, 6) is -0.478. The fourth-order valence-corrected chi connectivity index (χ4v) is 3.57. The molecule has 0 saturated carbocycles. The van der Waals surface area contributed by atoms with E-state index in [0.717, 1.165) is 32.5 Å². The van der Waals surface area contributed by atoms with Crippen LogP contribution in [0.15, 0.2) is 42.5 Å². The van der Waals surface area contributed by atoms with Crippen LogP contribution in [0.1, 0.15) is 22.3 Å². The van der Waals surface area contributed by atoms with Crippen LogP contribution in [-0.4, -0.2) is 37.8 Å². The molecule has 0 unspecified atom stereocenters. The van der Waals surface area contributed by atoms with Gasteiger partial charge in [0.2, 0.25) is 0 Å². The van der Waals surface area contributed by atoms with Crippen molar-refractivity contribution in [2.75, 3.05) is 37.0 Å². The van der Waals surface area contributed by atoms with E-state index < -0.39 is 5.97 Å². The zero-order valence-corrected chi connectivity index (χ0v) is 16.7. The third-order valence-corrected chi connectivity index (χ3v) is 5.08. The Balaban J connectivity index is 1.45. The van der Waals surface area contributed by atoms with E-state index in [1.165, 1.54) is 18.4 Å². The molecule has 0 aromatic heterocycles. The summed E-state index contributed by atoms with van der Waals surface area (Å²) in [6, 6.07) is 13.6. The highest BCUT2D eigenvalue weighted by Crippen LogP contribution is 2.27. The second kappa shape index (κ2) is 9.06. The van der Waals surface area contributed by atoms with Gasteiger partial charge in [-0.25, -0.2) is 4.79 Å². The van der Waals surface area contributed by atoms with Crippen LogP contribution in [0.2, 0.25) is 5.02 Å². The van der Waals surface area contributed by atoms with Crippen molar-refractivity contribution in [3.8, 4) is 0 Å². The van der Waals surface area contributed by atoms with Gasteiger partial charge in [0.05, 0.1) is 17.7 Å². The zero-order valence-electron chi connectivity index (χ0n) is 15.1. The highest BCUT2D eigenvalue weighted by atomic mass is 35.5. The van der Waals surface area contributed by atoms with Gasteiger partial charge >= 0.3 is 5.97 Å². The summed E-state index contributed by atoms with van der Waals surface area (Å²) in [6.45, 7) is 2.82. The molecule has 5 nitrogen and oxygen atoms in total. The van der Waals surface area contributed by atoms with Gasteiger partial charge in [-0.3, -0.25) is 0 Å². The number of halogens is 1. The van der Waals surface area contributed by atoms with Crippen molar-refractivity contribution in [1.82, 2.24) is 5.32 Å². The lowest BCUT2D eigenvalue weighted by Crippen LogP contribution is -2.32. The summed E-state index contributed by atoms with van der Waals surface area (Å²) in [5.41, 5.74) is 3.76. The lowest BCUT2D eigenvalue weighted by molar-refractivity contribution is 0.0601. The third-order valence-electron chi connectivity index (χ3n) is 4.50. The highest BCUT2D eigenvalue weighted by Gasteiger charge is 2.17. The van der Waals surface area contributed by atoms with Crippen LogP contribution in [0.4, 0.5) is 11.4 Å². The molecule has 0 radical (unpaired) electrons. The average Bonchev–Trinajstić information content (AvgIpc) is 3.09. The predicted octanol–water partition coefficient (Wildman–Crippen LogP) is 3.87. The molecule has 3 rings (SSSR count). The Hall–Kier alpha value is -2.31. The van der Waals surface area contributed by atoms with Crippen molar-refractivity contribution in [2.45, 2.75) is 12.8 Å². The van der Waals surface area contributed by atoms with E-state index in [-0.39, 0.29) is 0 Å². The van der Waals surface area contributed by atoms with Gasteiger partial charge in [0.1, 0.15) is 0 Å². The second-order valence-electron chi connectivity index (χ2n) is 6.29. The Labute approximate surface area is 169 Å². The van der Waals surface area contributed by atoms with E-state index in [2.05, 4.69) is 39.8 Å². The second-order valence-corrected chi connectivity index (χ2v) is 7.10. The number of anilines is 2. The number of fused-ring (bicyclic) bond motifs is 1. The number of benzene rings is 2. The summed E-state index contributed by atoms with van der Waals surface area (Å²) >= 11 is 11.4. The summed E-state index contributed by atoms with van der Waals surface area (Å²) in [6.07, 6.45) is 2.09. The molecule has 7 heteroatoms. The number of nitrogens with zero attached hydrogens (tertiary/aromatic N) is 1. The summed E-state index contributed by atoms with van der Waals surface area (Å²) in [4.78, 5) is 14.1. The molecule has 2 N–H and O–H groups in total. The maximum Gasteiger partial charge on any atom is 0.339 e. The first-order valence-corrected chi connectivity index (χ1v) is 9.62. The SMILES string of the molecule is COC(=O)c1cc(NC(=S)NCCCN2CCc3ccccc32)ccc1Cl. The Morgan fingerprint density at radius 3 is 2.93 bits per heavy atom. The first-order chi connectivity index (χ1) is 13.1. The molecule has 1 heterocycles. The lowest BCUT2D eigenvalue weighted by atomic mass is 10.2. The first kappa shape index (κ1) is 19.5. The van der Waals surface area contributed by atoms with E-state index in [1.807, 2.05) is 0 Å². The normalized spacial score (nSPS) is 12.4. The van der Waals surface area contributed by atoms with E-state index in [9.17, 15) is 4.79 Å². The quantitative estimate of drug-likeness (QED) is 0.434. The Kier molecular flexibility index (Phi) is 6.53. The molecular weight excluding hydrogens is 382 g/mol. The van der Waals surface area contributed by atoms with Crippen molar-refractivity contribution < 1.29 is 9.53 Å². The van der Waals surface area contributed by atoms with Crippen molar-refractivity contribution >= 4 is 46.3 Å². The van der Waals surface area contributed by atoms with Gasteiger partial charge in [-0.05, 0) is 54.9 Å². The van der Waals surface area contributed by atoms with Gasteiger partial charge in [-0.15, -0.1) is 0 Å². The van der Waals surface area contributed by atoms with Crippen LogP contribution in [0.5, 0.6) is 0 Å². The zero-order chi connectivity index (χ0) is 19.2. The number of hydrogen-bond acceptors (Lipinski definition) is 4. The molecule has 0 amide bonds. The number of thiocarbonyl (C=S) groups is 1. The summed E-state index contributed by atoms with van der Waals surface area (Å²) in [7, 11) is 1.32. The Morgan fingerprint density at radius 1 is 1.30 bits per heavy atom. The van der Waals surface area contributed by atoms with Crippen LogP contribution in [-0.2, 0) is 11.2 Å². The van der Waals surface area contributed by atoms with Crippen molar-refractivity contribution in [3.63, 3.8) is 0 Å². The van der Waals surface area contributed by atoms with Gasteiger partial charge in [0, 0.05) is 31.0 Å². The number of para-hydroxylation sites is 1. The van der Waals surface area contributed by atoms with E-state index in [4.69, 9.17) is 28.6 Å². The summed E-state index contributed by atoms with van der Waals surface area (Å²) in [5, 5.41) is 7.13. The molecule has 0 atom stereocenters. The maximum atomic E-state index is 11.7. The smallest absolute Gasteiger partial charge is 0.339 e.